The molecule has 0 spiro atoms. The Labute approximate surface area is 122 Å². The Bertz CT molecular complexity index is 393. The van der Waals surface area contributed by atoms with E-state index in [4.69, 9.17) is 14.2 Å². The number of rotatable bonds is 9. The molecule has 4 heteroatoms. The molecule has 0 aliphatic heterocycles. The minimum absolute atomic E-state index is 0.139. The van der Waals surface area contributed by atoms with Gasteiger partial charge in [0.25, 0.3) is 0 Å². The molecular weight excluding hydrogens is 254 g/mol. The van der Waals surface area contributed by atoms with E-state index in [1.807, 2.05) is 32.9 Å². The maximum Gasteiger partial charge on any atom is 0.161 e. The molecule has 0 fully saturated rings. The summed E-state index contributed by atoms with van der Waals surface area (Å²) in [5.74, 6) is 1.56. The molecule has 1 N–H and O–H groups in total. The lowest BCUT2D eigenvalue weighted by Crippen LogP contribution is -2.26. The molecule has 0 aliphatic rings. The molecule has 1 unspecified atom stereocenters. The van der Waals surface area contributed by atoms with Crippen molar-refractivity contribution in [1.82, 2.24) is 5.32 Å². The van der Waals surface area contributed by atoms with Crippen molar-refractivity contribution in [2.24, 2.45) is 0 Å². The molecule has 114 valence electrons. The molecule has 20 heavy (non-hydrogen) atoms. The average Bonchev–Trinajstić information content (AvgIpc) is 2.40. The summed E-state index contributed by atoms with van der Waals surface area (Å²) < 4.78 is 16.6. The standard InChI is InChI=1S/C16H27NO3/c1-6-19-13(4)10-17-11-14-7-8-15(20-12(2)3)16(9-14)18-5/h7-9,12-13,17H,6,10-11H2,1-5H3. The van der Waals surface area contributed by atoms with Crippen molar-refractivity contribution in [2.45, 2.75) is 46.4 Å². The van der Waals surface area contributed by atoms with Gasteiger partial charge in [-0.05, 0) is 45.4 Å². The maximum atomic E-state index is 5.70. The van der Waals surface area contributed by atoms with Crippen LogP contribution in [0.2, 0.25) is 0 Å². The summed E-state index contributed by atoms with van der Waals surface area (Å²) >= 11 is 0. The zero-order valence-electron chi connectivity index (χ0n) is 13.2. The molecule has 0 saturated heterocycles. The van der Waals surface area contributed by atoms with Crippen LogP contribution in [0, 0.1) is 0 Å². The van der Waals surface area contributed by atoms with Crippen molar-refractivity contribution in [2.75, 3.05) is 20.3 Å². The normalized spacial score (nSPS) is 12.5. The van der Waals surface area contributed by atoms with Gasteiger partial charge in [0.15, 0.2) is 11.5 Å². The Balaban J connectivity index is 2.55. The van der Waals surface area contributed by atoms with Gasteiger partial charge in [-0.2, -0.15) is 0 Å². The minimum atomic E-state index is 0.139. The molecule has 0 amide bonds. The maximum absolute atomic E-state index is 5.70. The van der Waals surface area contributed by atoms with Gasteiger partial charge < -0.3 is 19.5 Å². The molecule has 1 aromatic carbocycles. The van der Waals surface area contributed by atoms with Gasteiger partial charge >= 0.3 is 0 Å². The number of benzene rings is 1. The molecule has 0 aromatic heterocycles. The summed E-state index contributed by atoms with van der Waals surface area (Å²) in [6.07, 6.45) is 0.366. The van der Waals surface area contributed by atoms with Crippen LogP contribution in [0.1, 0.15) is 33.3 Å². The molecule has 0 aliphatic carbocycles. The molecule has 0 radical (unpaired) electrons. The van der Waals surface area contributed by atoms with Crippen LogP contribution in [0.4, 0.5) is 0 Å². The van der Waals surface area contributed by atoms with E-state index in [0.717, 1.165) is 31.2 Å². The Morgan fingerprint density at radius 2 is 1.90 bits per heavy atom. The van der Waals surface area contributed by atoms with Crippen LogP contribution in [0.5, 0.6) is 11.5 Å². The third kappa shape index (κ3) is 5.80. The molecule has 1 rings (SSSR count). The zero-order chi connectivity index (χ0) is 15.0. The first kappa shape index (κ1) is 16.8. The van der Waals surface area contributed by atoms with Crippen LogP contribution >= 0.6 is 0 Å². The highest BCUT2D eigenvalue weighted by Gasteiger charge is 2.08. The first-order chi connectivity index (χ1) is 9.56. The molecule has 4 nitrogen and oxygen atoms in total. The van der Waals surface area contributed by atoms with Gasteiger partial charge in [-0.1, -0.05) is 6.07 Å². The fourth-order valence-electron chi connectivity index (χ4n) is 1.94. The molecular formula is C16H27NO3. The summed E-state index contributed by atoms with van der Waals surface area (Å²) in [4.78, 5) is 0. The highest BCUT2D eigenvalue weighted by molar-refractivity contribution is 5.43. The molecule has 0 saturated carbocycles. The van der Waals surface area contributed by atoms with E-state index in [9.17, 15) is 0 Å². The van der Waals surface area contributed by atoms with E-state index in [0.29, 0.717) is 0 Å². The fourth-order valence-corrected chi connectivity index (χ4v) is 1.94. The van der Waals surface area contributed by atoms with Gasteiger partial charge in [-0.25, -0.2) is 0 Å². The molecule has 0 heterocycles. The number of methoxy groups -OCH3 is 1. The largest absolute Gasteiger partial charge is 0.493 e. The van der Waals surface area contributed by atoms with Crippen molar-refractivity contribution in [3.05, 3.63) is 23.8 Å². The first-order valence-corrected chi connectivity index (χ1v) is 7.22. The monoisotopic (exact) mass is 281 g/mol. The highest BCUT2D eigenvalue weighted by atomic mass is 16.5. The number of ether oxygens (including phenoxy) is 3. The third-order valence-electron chi connectivity index (χ3n) is 2.80. The Morgan fingerprint density at radius 1 is 1.15 bits per heavy atom. The van der Waals surface area contributed by atoms with Gasteiger partial charge in [0.1, 0.15) is 0 Å². The SMILES string of the molecule is CCOC(C)CNCc1ccc(OC(C)C)c(OC)c1. The minimum Gasteiger partial charge on any atom is -0.493 e. The lowest BCUT2D eigenvalue weighted by atomic mass is 10.2. The van der Waals surface area contributed by atoms with Crippen LogP contribution in [-0.2, 0) is 11.3 Å². The number of hydrogen-bond acceptors (Lipinski definition) is 4. The average molecular weight is 281 g/mol. The van der Waals surface area contributed by atoms with E-state index in [-0.39, 0.29) is 12.2 Å². The summed E-state index contributed by atoms with van der Waals surface area (Å²) in [6, 6.07) is 6.02. The van der Waals surface area contributed by atoms with Crippen LogP contribution < -0.4 is 14.8 Å². The highest BCUT2D eigenvalue weighted by Crippen LogP contribution is 2.28. The number of nitrogens with one attached hydrogen (secondary N) is 1. The van der Waals surface area contributed by atoms with Gasteiger partial charge in [0.2, 0.25) is 0 Å². The molecule has 1 aromatic rings. The van der Waals surface area contributed by atoms with Crippen LogP contribution in [0.3, 0.4) is 0 Å². The second kappa shape index (κ2) is 8.82. The van der Waals surface area contributed by atoms with Crippen molar-refractivity contribution in [3.63, 3.8) is 0 Å². The van der Waals surface area contributed by atoms with Crippen molar-refractivity contribution < 1.29 is 14.2 Å². The van der Waals surface area contributed by atoms with Crippen LogP contribution in [0.15, 0.2) is 18.2 Å². The predicted octanol–water partition coefficient (Wildman–Crippen LogP) is 3.00. The zero-order valence-corrected chi connectivity index (χ0v) is 13.2. The second-order valence-corrected chi connectivity index (χ2v) is 5.05. The number of hydrogen-bond donors (Lipinski definition) is 1. The van der Waals surface area contributed by atoms with Gasteiger partial charge in [0, 0.05) is 19.7 Å². The van der Waals surface area contributed by atoms with E-state index in [2.05, 4.69) is 18.3 Å². The second-order valence-electron chi connectivity index (χ2n) is 5.05. The van der Waals surface area contributed by atoms with E-state index < -0.39 is 0 Å². The summed E-state index contributed by atoms with van der Waals surface area (Å²) in [5, 5.41) is 3.38. The van der Waals surface area contributed by atoms with Crippen molar-refractivity contribution in [3.8, 4) is 11.5 Å². The van der Waals surface area contributed by atoms with Crippen molar-refractivity contribution in [1.29, 1.82) is 0 Å². The van der Waals surface area contributed by atoms with Crippen LogP contribution in [-0.4, -0.2) is 32.5 Å². The summed E-state index contributed by atoms with van der Waals surface area (Å²) in [6.45, 7) is 10.5. The lowest BCUT2D eigenvalue weighted by Gasteiger charge is -2.15. The first-order valence-electron chi connectivity index (χ1n) is 7.22. The van der Waals surface area contributed by atoms with Crippen LogP contribution in [0.25, 0.3) is 0 Å². The smallest absolute Gasteiger partial charge is 0.161 e. The summed E-state index contributed by atoms with van der Waals surface area (Å²) in [7, 11) is 1.66. The topological polar surface area (TPSA) is 39.7 Å². The quantitative estimate of drug-likeness (QED) is 0.755. The van der Waals surface area contributed by atoms with E-state index in [1.165, 1.54) is 5.56 Å². The Hall–Kier alpha value is -1.26. The van der Waals surface area contributed by atoms with Gasteiger partial charge in [-0.15, -0.1) is 0 Å². The summed E-state index contributed by atoms with van der Waals surface area (Å²) in [5.41, 5.74) is 1.17. The van der Waals surface area contributed by atoms with Gasteiger partial charge in [-0.3, -0.25) is 0 Å². The lowest BCUT2D eigenvalue weighted by molar-refractivity contribution is 0.0759. The van der Waals surface area contributed by atoms with E-state index in [1.54, 1.807) is 7.11 Å². The predicted molar refractivity (Wildman–Crippen MR) is 81.6 cm³/mol. The van der Waals surface area contributed by atoms with E-state index >= 15 is 0 Å². The molecule has 0 bridgehead atoms. The van der Waals surface area contributed by atoms with Crippen molar-refractivity contribution >= 4 is 0 Å². The third-order valence-corrected chi connectivity index (χ3v) is 2.80. The van der Waals surface area contributed by atoms with Gasteiger partial charge in [0.05, 0.1) is 19.3 Å². The Kier molecular flexibility index (Phi) is 7.41. The molecule has 1 atom stereocenters. The fraction of sp³-hybridized carbons (Fsp3) is 0.625. The Morgan fingerprint density at radius 3 is 2.50 bits per heavy atom.